The number of likely N-dealkylation sites (tertiary alicyclic amines) is 1. The van der Waals surface area contributed by atoms with Gasteiger partial charge in [0.05, 0.1) is 23.0 Å². The van der Waals surface area contributed by atoms with Crippen LogP contribution >= 0.6 is 11.6 Å². The highest BCUT2D eigenvalue weighted by atomic mass is 35.5. The van der Waals surface area contributed by atoms with E-state index in [4.69, 9.17) is 21.7 Å². The maximum atomic E-state index is 13.8. The lowest BCUT2D eigenvalue weighted by Crippen LogP contribution is -2.39. The summed E-state index contributed by atoms with van der Waals surface area (Å²) in [5, 5.41) is 7.23. The largest absolute Gasteiger partial charge is 0.440 e. The number of ether oxygens (including phenoxy) is 1. The van der Waals surface area contributed by atoms with E-state index in [-0.39, 0.29) is 28.5 Å². The van der Waals surface area contributed by atoms with Crippen LogP contribution in [0.2, 0.25) is 5.02 Å². The number of alkyl halides is 3. The number of carbonyl (C=O) groups excluding carboxylic acids is 2. The topological polar surface area (TPSA) is 127 Å². The van der Waals surface area contributed by atoms with Gasteiger partial charge in [0, 0.05) is 42.5 Å². The van der Waals surface area contributed by atoms with Crippen LogP contribution in [0.25, 0.3) is 5.65 Å². The molecule has 4 heterocycles. The molecular formula is C28H33ClF3N7O3. The maximum absolute atomic E-state index is 13.8. The van der Waals surface area contributed by atoms with Crippen molar-refractivity contribution in [3.05, 3.63) is 52.3 Å². The summed E-state index contributed by atoms with van der Waals surface area (Å²) in [5.74, 6) is 0.516. The molecule has 42 heavy (non-hydrogen) atoms. The van der Waals surface area contributed by atoms with Crippen LogP contribution in [-0.4, -0.2) is 63.9 Å². The number of halogens is 4. The van der Waals surface area contributed by atoms with Crippen molar-refractivity contribution in [1.82, 2.24) is 25.6 Å². The zero-order valence-electron chi connectivity index (χ0n) is 23.2. The highest BCUT2D eigenvalue weighted by Crippen LogP contribution is 2.34. The Bertz CT molecular complexity index is 1440. The minimum atomic E-state index is -4.67. The van der Waals surface area contributed by atoms with Gasteiger partial charge in [-0.15, -0.1) is 12.8 Å². The first kappa shape index (κ1) is 32.5. The molecular weight excluding hydrogens is 575 g/mol. The predicted molar refractivity (Wildman–Crippen MR) is 154 cm³/mol. The summed E-state index contributed by atoms with van der Waals surface area (Å²) in [6, 6.07) is 5.71. The number of nitrogens with zero attached hydrogens (tertiary/aromatic N) is 5. The molecule has 226 valence electrons. The number of nitrogens with one attached hydrogen (secondary N) is 1. The van der Waals surface area contributed by atoms with Crippen molar-refractivity contribution in [3.8, 4) is 12.8 Å². The number of hydrogen-bond donors (Lipinski definition) is 2. The van der Waals surface area contributed by atoms with Crippen LogP contribution in [0.1, 0.15) is 59.8 Å². The Kier molecular flexibility index (Phi) is 10.6. The van der Waals surface area contributed by atoms with E-state index >= 15 is 0 Å². The Balaban J connectivity index is 0.00000158. The SMILES string of the molecule is C#C.Cc1cn2nc([C@@H]3CCCCN3C(=O)c3cc(Cl)ccc3NC(=O)OCC(F)(F)F)cc2nc1N1CCCC1.N. The predicted octanol–water partition coefficient (Wildman–Crippen LogP) is 6.18. The minimum Gasteiger partial charge on any atom is -0.440 e. The van der Waals surface area contributed by atoms with Crippen LogP contribution in [0.5, 0.6) is 0 Å². The summed E-state index contributed by atoms with van der Waals surface area (Å²) in [5.41, 5.74) is 2.45. The van der Waals surface area contributed by atoms with Crippen LogP contribution in [0.4, 0.5) is 29.5 Å². The van der Waals surface area contributed by atoms with Gasteiger partial charge in [0.1, 0.15) is 5.82 Å². The molecule has 10 nitrogen and oxygen atoms in total. The summed E-state index contributed by atoms with van der Waals surface area (Å²) < 4.78 is 43.4. The first-order chi connectivity index (χ1) is 19.6. The molecule has 0 aliphatic carbocycles. The molecule has 14 heteroatoms. The standard InChI is InChI=1S/C26H28ClF3N6O3.C2H2.H3N/c1-16-14-36-22(32-23(16)34-9-4-5-10-34)13-20(33-36)21-6-2-3-11-35(21)24(37)18-12-17(27)7-8-19(18)31-25(38)39-15-26(28,29)30;1-2;/h7-8,12-14,21H,2-6,9-11,15H2,1H3,(H,31,38);1-2H;1H3/t21-;;/m0../s1. The molecule has 3 aromatic rings. The average molecular weight is 608 g/mol. The van der Waals surface area contributed by atoms with Gasteiger partial charge in [0.2, 0.25) is 0 Å². The molecule has 2 saturated heterocycles. The smallest absolute Gasteiger partial charge is 0.422 e. The molecule has 1 aromatic carbocycles. The average Bonchev–Trinajstić information content (AvgIpc) is 3.63. The fraction of sp³-hybridized carbons (Fsp3) is 0.429. The molecule has 1 atom stereocenters. The Morgan fingerprint density at radius 2 is 1.81 bits per heavy atom. The maximum Gasteiger partial charge on any atom is 0.422 e. The summed E-state index contributed by atoms with van der Waals surface area (Å²) in [6.45, 7) is 2.63. The zero-order chi connectivity index (χ0) is 29.7. The van der Waals surface area contributed by atoms with Gasteiger partial charge in [0.15, 0.2) is 12.3 Å². The second-order valence-electron chi connectivity index (χ2n) is 9.83. The molecule has 4 N–H and O–H groups in total. The van der Waals surface area contributed by atoms with Crippen molar-refractivity contribution in [2.75, 3.05) is 36.5 Å². The van der Waals surface area contributed by atoms with E-state index in [1.54, 1.807) is 9.42 Å². The zero-order valence-corrected chi connectivity index (χ0v) is 23.9. The van der Waals surface area contributed by atoms with Crippen LogP contribution in [0, 0.1) is 19.8 Å². The lowest BCUT2D eigenvalue weighted by Gasteiger charge is -2.35. The van der Waals surface area contributed by atoms with Gasteiger partial charge in [-0.1, -0.05) is 11.6 Å². The first-order valence-corrected chi connectivity index (χ1v) is 13.5. The number of fused-ring (bicyclic) bond motifs is 1. The van der Waals surface area contributed by atoms with Gasteiger partial charge in [0.25, 0.3) is 5.91 Å². The van der Waals surface area contributed by atoms with Gasteiger partial charge in [-0.3, -0.25) is 10.1 Å². The van der Waals surface area contributed by atoms with Crippen molar-refractivity contribution >= 4 is 40.8 Å². The number of amides is 2. The Hall–Kier alpha value is -4.02. The van der Waals surface area contributed by atoms with Gasteiger partial charge in [-0.25, -0.2) is 14.3 Å². The molecule has 5 rings (SSSR count). The van der Waals surface area contributed by atoms with Crippen molar-refractivity contribution in [2.24, 2.45) is 0 Å². The van der Waals surface area contributed by atoms with E-state index < -0.39 is 24.8 Å². The molecule has 2 aromatic heterocycles. The highest BCUT2D eigenvalue weighted by molar-refractivity contribution is 6.31. The number of benzene rings is 1. The third kappa shape index (κ3) is 7.43. The highest BCUT2D eigenvalue weighted by Gasteiger charge is 2.33. The summed E-state index contributed by atoms with van der Waals surface area (Å²) >= 11 is 6.16. The lowest BCUT2D eigenvalue weighted by molar-refractivity contribution is -0.159. The summed E-state index contributed by atoms with van der Waals surface area (Å²) in [4.78, 5) is 34.6. The van der Waals surface area contributed by atoms with Crippen LogP contribution < -0.4 is 16.4 Å². The van der Waals surface area contributed by atoms with Crippen LogP contribution in [0.15, 0.2) is 30.5 Å². The number of aryl methyl sites for hydroxylation is 1. The van der Waals surface area contributed by atoms with Gasteiger partial charge >= 0.3 is 12.3 Å². The molecule has 2 aliphatic rings. The third-order valence-electron chi connectivity index (χ3n) is 6.95. The molecule has 2 amide bonds. The summed E-state index contributed by atoms with van der Waals surface area (Å²) in [7, 11) is 0. The number of hydrogen-bond acceptors (Lipinski definition) is 7. The van der Waals surface area contributed by atoms with Gasteiger partial charge in [-0.05, 0) is 57.2 Å². The third-order valence-corrected chi connectivity index (χ3v) is 7.19. The molecule has 0 saturated carbocycles. The number of rotatable bonds is 5. The normalized spacial score (nSPS) is 16.8. The quantitative estimate of drug-likeness (QED) is 0.332. The van der Waals surface area contributed by atoms with Gasteiger partial charge in [-0.2, -0.15) is 18.3 Å². The monoisotopic (exact) mass is 607 g/mol. The van der Waals surface area contributed by atoms with E-state index in [1.807, 2.05) is 19.2 Å². The van der Waals surface area contributed by atoms with Crippen molar-refractivity contribution < 1.29 is 27.5 Å². The van der Waals surface area contributed by atoms with Crippen molar-refractivity contribution in [2.45, 2.75) is 51.2 Å². The fourth-order valence-electron chi connectivity index (χ4n) is 5.16. The van der Waals surface area contributed by atoms with E-state index in [0.29, 0.717) is 24.3 Å². The van der Waals surface area contributed by atoms with Crippen LogP contribution in [0.3, 0.4) is 0 Å². The van der Waals surface area contributed by atoms with Crippen molar-refractivity contribution in [3.63, 3.8) is 0 Å². The molecule has 0 bridgehead atoms. The number of carbonyl (C=O) groups is 2. The number of piperidine rings is 1. The molecule has 0 spiro atoms. The molecule has 2 fully saturated rings. The van der Waals surface area contributed by atoms with E-state index in [2.05, 4.69) is 27.8 Å². The Labute approximate surface area is 246 Å². The first-order valence-electron chi connectivity index (χ1n) is 13.2. The molecule has 2 aliphatic heterocycles. The number of aromatic nitrogens is 3. The Morgan fingerprint density at radius 1 is 1.12 bits per heavy atom. The van der Waals surface area contributed by atoms with Crippen LogP contribution in [-0.2, 0) is 4.74 Å². The minimum absolute atomic E-state index is 0. The molecule has 0 unspecified atom stereocenters. The van der Waals surface area contributed by atoms with Gasteiger partial charge < -0.3 is 20.7 Å². The summed E-state index contributed by atoms with van der Waals surface area (Å²) in [6.07, 6.45) is 8.54. The molecule has 0 radical (unpaired) electrons. The second kappa shape index (κ2) is 13.8. The van der Waals surface area contributed by atoms with E-state index in [0.717, 1.165) is 50.2 Å². The second-order valence-corrected chi connectivity index (χ2v) is 10.3. The van der Waals surface area contributed by atoms with E-state index in [1.165, 1.54) is 18.2 Å². The van der Waals surface area contributed by atoms with Crippen molar-refractivity contribution in [1.29, 1.82) is 0 Å². The van der Waals surface area contributed by atoms with E-state index in [9.17, 15) is 22.8 Å². The number of anilines is 2. The Morgan fingerprint density at radius 3 is 2.50 bits per heavy atom. The fourth-order valence-corrected chi connectivity index (χ4v) is 5.34. The lowest BCUT2D eigenvalue weighted by atomic mass is 9.98. The number of terminal acetylenes is 1.